The van der Waals surface area contributed by atoms with E-state index in [2.05, 4.69) is 10.2 Å². The van der Waals surface area contributed by atoms with Crippen molar-refractivity contribution in [3.63, 3.8) is 0 Å². The van der Waals surface area contributed by atoms with Crippen molar-refractivity contribution in [3.8, 4) is 0 Å². The second-order valence-electron chi connectivity index (χ2n) is 6.88. The van der Waals surface area contributed by atoms with Crippen LogP contribution in [0.1, 0.15) is 44.1 Å². The van der Waals surface area contributed by atoms with Gasteiger partial charge in [0, 0.05) is 19.1 Å². The zero-order chi connectivity index (χ0) is 15.4. The predicted molar refractivity (Wildman–Crippen MR) is 84.6 cm³/mol. The van der Waals surface area contributed by atoms with Gasteiger partial charge in [0.15, 0.2) is 11.6 Å². The van der Waals surface area contributed by atoms with Gasteiger partial charge in [-0.05, 0) is 62.4 Å². The molecule has 1 saturated heterocycles. The van der Waals surface area contributed by atoms with Crippen molar-refractivity contribution < 1.29 is 8.78 Å². The van der Waals surface area contributed by atoms with Crippen LogP contribution in [-0.2, 0) is 6.54 Å². The van der Waals surface area contributed by atoms with Crippen LogP contribution in [0.4, 0.5) is 8.78 Å². The van der Waals surface area contributed by atoms with Crippen LogP contribution < -0.4 is 5.32 Å². The van der Waals surface area contributed by atoms with Gasteiger partial charge < -0.3 is 5.32 Å². The Morgan fingerprint density at radius 3 is 2.64 bits per heavy atom. The molecule has 1 heterocycles. The summed E-state index contributed by atoms with van der Waals surface area (Å²) in [7, 11) is 0. The first kappa shape index (κ1) is 15.9. The maximum Gasteiger partial charge on any atom is 0.159 e. The van der Waals surface area contributed by atoms with Gasteiger partial charge in [0.05, 0.1) is 0 Å². The molecule has 0 bridgehead atoms. The summed E-state index contributed by atoms with van der Waals surface area (Å²) < 4.78 is 26.3. The first-order chi connectivity index (χ1) is 10.7. The fourth-order valence-electron chi connectivity index (χ4n) is 3.81. The summed E-state index contributed by atoms with van der Waals surface area (Å²) >= 11 is 0. The minimum atomic E-state index is -0.765. The molecule has 1 aromatic carbocycles. The largest absolute Gasteiger partial charge is 0.312 e. The minimum Gasteiger partial charge on any atom is -0.312 e. The number of nitrogens with one attached hydrogen (secondary N) is 1. The Kier molecular flexibility index (Phi) is 5.42. The number of hydrogen-bond acceptors (Lipinski definition) is 2. The van der Waals surface area contributed by atoms with Gasteiger partial charge in [0.25, 0.3) is 0 Å². The molecule has 22 heavy (non-hydrogen) atoms. The fourth-order valence-corrected chi connectivity index (χ4v) is 3.81. The maximum absolute atomic E-state index is 13.3. The number of piperidine rings is 1. The van der Waals surface area contributed by atoms with Crippen LogP contribution in [0.3, 0.4) is 0 Å². The molecule has 0 amide bonds. The summed E-state index contributed by atoms with van der Waals surface area (Å²) in [6.45, 7) is 3.90. The lowest BCUT2D eigenvalue weighted by Crippen LogP contribution is -2.46. The van der Waals surface area contributed by atoms with E-state index < -0.39 is 11.6 Å². The highest BCUT2D eigenvalue weighted by atomic mass is 19.2. The highest BCUT2D eigenvalue weighted by molar-refractivity contribution is 5.17. The molecule has 4 heteroatoms. The molecule has 122 valence electrons. The van der Waals surface area contributed by atoms with Crippen molar-refractivity contribution in [2.75, 3.05) is 19.6 Å². The molecule has 1 unspecified atom stereocenters. The quantitative estimate of drug-likeness (QED) is 0.892. The van der Waals surface area contributed by atoms with E-state index in [9.17, 15) is 8.78 Å². The van der Waals surface area contributed by atoms with Gasteiger partial charge in [0.1, 0.15) is 0 Å². The molecule has 1 aliphatic carbocycles. The topological polar surface area (TPSA) is 15.3 Å². The molecule has 1 aliphatic heterocycles. The van der Waals surface area contributed by atoms with Gasteiger partial charge in [-0.3, -0.25) is 4.90 Å². The van der Waals surface area contributed by atoms with Gasteiger partial charge in [-0.25, -0.2) is 8.78 Å². The van der Waals surface area contributed by atoms with Crippen molar-refractivity contribution in [2.24, 2.45) is 5.92 Å². The van der Waals surface area contributed by atoms with Crippen LogP contribution in [0.5, 0.6) is 0 Å². The fraction of sp³-hybridized carbons (Fsp3) is 0.667. The lowest BCUT2D eigenvalue weighted by atomic mass is 10.0. The van der Waals surface area contributed by atoms with Crippen LogP contribution >= 0.6 is 0 Å². The molecule has 2 aliphatic rings. The first-order valence-corrected chi connectivity index (χ1v) is 8.60. The number of nitrogens with zero attached hydrogens (tertiary/aromatic N) is 1. The van der Waals surface area contributed by atoms with Crippen molar-refractivity contribution >= 4 is 0 Å². The van der Waals surface area contributed by atoms with E-state index in [1.165, 1.54) is 50.7 Å². The second-order valence-corrected chi connectivity index (χ2v) is 6.88. The molecule has 1 aromatic rings. The molecule has 0 spiro atoms. The highest BCUT2D eigenvalue weighted by Crippen LogP contribution is 2.24. The van der Waals surface area contributed by atoms with Gasteiger partial charge in [-0.2, -0.15) is 0 Å². The van der Waals surface area contributed by atoms with Crippen LogP contribution in [0.15, 0.2) is 18.2 Å². The van der Waals surface area contributed by atoms with Crippen LogP contribution in [0, 0.1) is 17.6 Å². The average Bonchev–Trinajstić information content (AvgIpc) is 3.03. The summed E-state index contributed by atoms with van der Waals surface area (Å²) in [4.78, 5) is 2.35. The maximum atomic E-state index is 13.3. The zero-order valence-electron chi connectivity index (χ0n) is 13.2. The Labute approximate surface area is 131 Å². The third-order valence-corrected chi connectivity index (χ3v) is 5.07. The third kappa shape index (κ3) is 4.26. The van der Waals surface area contributed by atoms with Crippen LogP contribution in [0.25, 0.3) is 0 Å². The predicted octanol–water partition coefficient (Wildman–Crippen LogP) is 3.71. The Bertz CT molecular complexity index is 486. The Morgan fingerprint density at radius 1 is 1.05 bits per heavy atom. The second kappa shape index (κ2) is 7.51. The molecule has 0 radical (unpaired) electrons. The molecule has 0 aromatic heterocycles. The Morgan fingerprint density at radius 2 is 1.86 bits per heavy atom. The van der Waals surface area contributed by atoms with E-state index in [1.54, 1.807) is 6.07 Å². The summed E-state index contributed by atoms with van der Waals surface area (Å²) in [5, 5.41) is 3.72. The molecular formula is C18H26F2N2. The van der Waals surface area contributed by atoms with E-state index in [4.69, 9.17) is 0 Å². The molecule has 1 N–H and O–H groups in total. The first-order valence-electron chi connectivity index (χ1n) is 8.60. The van der Waals surface area contributed by atoms with E-state index >= 15 is 0 Å². The van der Waals surface area contributed by atoms with Crippen molar-refractivity contribution in [1.29, 1.82) is 0 Å². The molecule has 1 saturated carbocycles. The molecule has 3 rings (SSSR count). The molecule has 2 nitrogen and oxygen atoms in total. The van der Waals surface area contributed by atoms with E-state index in [0.29, 0.717) is 12.6 Å². The average molecular weight is 308 g/mol. The van der Waals surface area contributed by atoms with Gasteiger partial charge in [-0.15, -0.1) is 0 Å². The summed E-state index contributed by atoms with van der Waals surface area (Å²) in [6.07, 6.45) is 7.92. The lowest BCUT2D eigenvalue weighted by Gasteiger charge is -2.34. The lowest BCUT2D eigenvalue weighted by molar-refractivity contribution is 0.180. The standard InChI is InChI=1S/C18H26F2N2/c19-17-8-7-15(10-18(17)20)12-22-9-3-6-16(13-22)21-11-14-4-1-2-5-14/h7-8,10,14,16,21H,1-6,9,11-13H2. The smallest absolute Gasteiger partial charge is 0.159 e. The number of rotatable bonds is 5. The van der Waals surface area contributed by atoms with E-state index in [-0.39, 0.29) is 0 Å². The zero-order valence-corrected chi connectivity index (χ0v) is 13.2. The Balaban J connectivity index is 1.48. The van der Waals surface area contributed by atoms with Gasteiger partial charge in [-0.1, -0.05) is 18.9 Å². The number of halogens is 2. The number of hydrogen-bond donors (Lipinski definition) is 1. The van der Waals surface area contributed by atoms with Gasteiger partial charge >= 0.3 is 0 Å². The van der Waals surface area contributed by atoms with Crippen LogP contribution in [0.2, 0.25) is 0 Å². The molecule has 1 atom stereocenters. The van der Waals surface area contributed by atoms with Gasteiger partial charge in [0.2, 0.25) is 0 Å². The van der Waals surface area contributed by atoms with E-state index in [1.807, 2.05) is 0 Å². The van der Waals surface area contributed by atoms with Crippen molar-refractivity contribution in [1.82, 2.24) is 10.2 Å². The van der Waals surface area contributed by atoms with E-state index in [0.717, 1.165) is 31.1 Å². The normalized spacial score (nSPS) is 24.0. The van der Waals surface area contributed by atoms with Crippen molar-refractivity contribution in [2.45, 2.75) is 51.1 Å². The number of likely N-dealkylation sites (tertiary alicyclic amines) is 1. The summed E-state index contributed by atoms with van der Waals surface area (Å²) in [5.41, 5.74) is 0.857. The van der Waals surface area contributed by atoms with Crippen molar-refractivity contribution in [3.05, 3.63) is 35.4 Å². The van der Waals surface area contributed by atoms with Crippen LogP contribution in [-0.4, -0.2) is 30.6 Å². The number of benzene rings is 1. The molecular weight excluding hydrogens is 282 g/mol. The third-order valence-electron chi connectivity index (χ3n) is 5.07. The monoisotopic (exact) mass is 308 g/mol. The minimum absolute atomic E-state index is 0.541. The summed E-state index contributed by atoms with van der Waals surface area (Å²) in [6, 6.07) is 4.78. The highest BCUT2D eigenvalue weighted by Gasteiger charge is 2.22. The summed E-state index contributed by atoms with van der Waals surface area (Å²) in [5.74, 6) is -0.648. The Hall–Kier alpha value is -1.00. The molecule has 2 fully saturated rings. The SMILES string of the molecule is Fc1ccc(CN2CCCC(NCC3CCCC3)C2)cc1F.